The molecule has 154 valence electrons. The maximum atomic E-state index is 13.3. The molecule has 0 amide bonds. The summed E-state index contributed by atoms with van der Waals surface area (Å²) in [5, 5.41) is -0.404. The molecule has 0 bridgehead atoms. The van der Waals surface area contributed by atoms with Crippen LogP contribution < -0.4 is 5.73 Å². The van der Waals surface area contributed by atoms with Crippen LogP contribution in [0.3, 0.4) is 0 Å². The smallest absolute Gasteiger partial charge is 0.247 e. The van der Waals surface area contributed by atoms with Gasteiger partial charge in [-0.1, -0.05) is 0 Å². The third-order valence-electron chi connectivity index (χ3n) is 4.40. The number of sulfone groups is 1. The van der Waals surface area contributed by atoms with Crippen molar-refractivity contribution >= 4 is 26.9 Å². The fraction of sp³-hybridized carbons (Fsp3) is 0.316. The maximum absolute atomic E-state index is 13.3. The first-order valence-corrected chi connectivity index (χ1v) is 10.8. The van der Waals surface area contributed by atoms with Gasteiger partial charge in [0.15, 0.2) is 5.78 Å². The number of ether oxygens (including phenoxy) is 1. The number of aromatic nitrogens is 2. The van der Waals surface area contributed by atoms with Crippen molar-refractivity contribution in [2.24, 2.45) is 5.73 Å². The van der Waals surface area contributed by atoms with Crippen LogP contribution in [0.25, 0.3) is 11.3 Å². The summed E-state index contributed by atoms with van der Waals surface area (Å²) in [4.78, 5) is 22.9. The van der Waals surface area contributed by atoms with Crippen LogP contribution >= 0.6 is 0 Å². The molecule has 0 saturated carbocycles. The number of ketones is 1. The zero-order valence-electron chi connectivity index (χ0n) is 15.8. The summed E-state index contributed by atoms with van der Waals surface area (Å²) in [7, 11) is -3.68. The van der Waals surface area contributed by atoms with Gasteiger partial charge in [-0.15, -0.1) is 0 Å². The van der Waals surface area contributed by atoms with E-state index in [0.29, 0.717) is 31.9 Å². The van der Waals surface area contributed by atoms with E-state index in [2.05, 4.69) is 9.97 Å². The van der Waals surface area contributed by atoms with Crippen LogP contribution in [-0.4, -0.2) is 68.2 Å². The first kappa shape index (κ1) is 21.0. The number of Topliss-reactive ketones (excluding diaryl/α,β-unsaturated/α-hetero) is 1. The summed E-state index contributed by atoms with van der Waals surface area (Å²) in [6.07, 6.45) is 2.24. The van der Waals surface area contributed by atoms with E-state index in [4.69, 9.17) is 10.5 Å². The van der Waals surface area contributed by atoms with Crippen molar-refractivity contribution < 1.29 is 22.3 Å². The lowest BCUT2D eigenvalue weighted by Gasteiger charge is -2.26. The Morgan fingerprint density at radius 3 is 2.48 bits per heavy atom. The Labute approximate surface area is 168 Å². The molecule has 1 aromatic carbocycles. The Bertz CT molecular complexity index is 1030. The molecule has 1 aromatic heterocycles. The molecule has 8 nitrogen and oxygen atoms in total. The normalized spacial score (nSPS) is 16.3. The number of benzene rings is 1. The standard InChI is InChI=1S/C19H21FN4O4S/c1-29(26,27)19-22-7-6-15(23-19)17(16(25)12-24-8-10-28-11-9-24)18(21)13-2-4-14(20)5-3-13/h2-7H,8-12,21H2,1H3. The van der Waals surface area contributed by atoms with Gasteiger partial charge in [0, 0.05) is 25.5 Å². The van der Waals surface area contributed by atoms with Crippen LogP contribution in [0, 0.1) is 5.82 Å². The number of carbonyl (C=O) groups is 1. The summed E-state index contributed by atoms with van der Waals surface area (Å²) in [5.41, 5.74) is 6.94. The monoisotopic (exact) mass is 420 g/mol. The van der Waals surface area contributed by atoms with Crippen LogP contribution in [0.15, 0.2) is 41.7 Å². The molecule has 1 saturated heterocycles. The van der Waals surface area contributed by atoms with E-state index in [1.54, 1.807) is 0 Å². The van der Waals surface area contributed by atoms with E-state index in [1.807, 2.05) is 4.90 Å². The third kappa shape index (κ3) is 5.22. The molecule has 1 fully saturated rings. The Kier molecular flexibility index (Phi) is 6.36. The lowest BCUT2D eigenvalue weighted by atomic mass is 9.99. The second-order valence-corrected chi connectivity index (χ2v) is 8.51. The van der Waals surface area contributed by atoms with Gasteiger partial charge >= 0.3 is 0 Å². The number of hydrogen-bond donors (Lipinski definition) is 1. The zero-order valence-corrected chi connectivity index (χ0v) is 16.7. The average molecular weight is 420 g/mol. The fourth-order valence-electron chi connectivity index (χ4n) is 2.90. The molecule has 2 heterocycles. The molecule has 1 aliphatic rings. The number of morpholine rings is 1. The first-order chi connectivity index (χ1) is 13.8. The molecule has 2 aromatic rings. The maximum Gasteiger partial charge on any atom is 0.247 e. The molecule has 29 heavy (non-hydrogen) atoms. The molecule has 3 rings (SSSR count). The lowest BCUT2D eigenvalue weighted by molar-refractivity contribution is -0.115. The van der Waals surface area contributed by atoms with Gasteiger partial charge in [-0.05, 0) is 35.9 Å². The highest BCUT2D eigenvalue weighted by atomic mass is 32.2. The minimum atomic E-state index is -3.68. The van der Waals surface area contributed by atoms with Crippen molar-refractivity contribution in [2.75, 3.05) is 39.1 Å². The Hall–Kier alpha value is -2.69. The second-order valence-electron chi connectivity index (χ2n) is 6.60. The minimum absolute atomic E-state index is 0.0652. The highest BCUT2D eigenvalue weighted by Gasteiger charge is 2.24. The number of halogens is 1. The number of nitrogens with two attached hydrogens (primary N) is 1. The van der Waals surface area contributed by atoms with Gasteiger partial charge in [0.25, 0.3) is 0 Å². The number of rotatable bonds is 6. The van der Waals surface area contributed by atoms with Gasteiger partial charge in [0.2, 0.25) is 15.0 Å². The van der Waals surface area contributed by atoms with Gasteiger partial charge in [-0.25, -0.2) is 22.8 Å². The largest absolute Gasteiger partial charge is 0.398 e. The molecule has 0 radical (unpaired) electrons. The van der Waals surface area contributed by atoms with Crippen LogP contribution in [0.2, 0.25) is 0 Å². The number of nitrogens with zero attached hydrogens (tertiary/aromatic N) is 3. The Morgan fingerprint density at radius 1 is 1.21 bits per heavy atom. The molecule has 1 aliphatic heterocycles. The highest BCUT2D eigenvalue weighted by molar-refractivity contribution is 7.90. The van der Waals surface area contributed by atoms with Crippen molar-refractivity contribution in [3.63, 3.8) is 0 Å². The van der Waals surface area contributed by atoms with E-state index < -0.39 is 20.8 Å². The third-order valence-corrected chi connectivity index (χ3v) is 5.26. The van der Waals surface area contributed by atoms with Crippen LogP contribution in [0.1, 0.15) is 11.3 Å². The predicted molar refractivity (Wildman–Crippen MR) is 105 cm³/mol. The first-order valence-electron chi connectivity index (χ1n) is 8.88. The highest BCUT2D eigenvalue weighted by Crippen LogP contribution is 2.24. The van der Waals surface area contributed by atoms with Crippen LogP contribution in [-0.2, 0) is 19.4 Å². The second kappa shape index (κ2) is 8.76. The topological polar surface area (TPSA) is 115 Å². The fourth-order valence-corrected chi connectivity index (χ4v) is 3.42. The van der Waals surface area contributed by atoms with Crippen molar-refractivity contribution in [1.29, 1.82) is 0 Å². The van der Waals surface area contributed by atoms with Gasteiger partial charge in [0.1, 0.15) is 5.82 Å². The molecule has 2 N–H and O–H groups in total. The molecule has 0 atom stereocenters. The summed E-state index contributed by atoms with van der Waals surface area (Å²) in [5.74, 6) is -0.768. The SMILES string of the molecule is CS(=O)(=O)c1nccc(C(C(=O)CN2CCOCC2)=C(N)c2ccc(F)cc2)n1. The van der Waals surface area contributed by atoms with Crippen LogP contribution in [0.5, 0.6) is 0 Å². The van der Waals surface area contributed by atoms with Gasteiger partial charge < -0.3 is 10.5 Å². The number of carbonyl (C=O) groups excluding carboxylic acids is 1. The van der Waals surface area contributed by atoms with Gasteiger partial charge in [0.05, 0.1) is 36.7 Å². The van der Waals surface area contributed by atoms with Crippen molar-refractivity contribution in [3.8, 4) is 0 Å². The molecular formula is C19H21FN4O4S. The minimum Gasteiger partial charge on any atom is -0.398 e. The van der Waals surface area contributed by atoms with Crippen molar-refractivity contribution in [3.05, 3.63) is 53.6 Å². The van der Waals surface area contributed by atoms with Crippen LogP contribution in [0.4, 0.5) is 4.39 Å². The van der Waals surface area contributed by atoms with E-state index >= 15 is 0 Å². The summed E-state index contributed by atoms with van der Waals surface area (Å²) < 4.78 is 42.3. The summed E-state index contributed by atoms with van der Waals surface area (Å²) >= 11 is 0. The van der Waals surface area contributed by atoms with E-state index in [1.165, 1.54) is 36.5 Å². The summed E-state index contributed by atoms with van der Waals surface area (Å²) in [6.45, 7) is 2.29. The lowest BCUT2D eigenvalue weighted by Crippen LogP contribution is -2.40. The van der Waals surface area contributed by atoms with E-state index in [-0.39, 0.29) is 29.3 Å². The predicted octanol–water partition coefficient (Wildman–Crippen LogP) is 0.748. The zero-order chi connectivity index (χ0) is 21.0. The molecule has 0 spiro atoms. The molecule has 0 aliphatic carbocycles. The molecule has 0 unspecified atom stereocenters. The van der Waals surface area contributed by atoms with E-state index in [0.717, 1.165) is 6.26 Å². The van der Waals surface area contributed by atoms with E-state index in [9.17, 15) is 17.6 Å². The average Bonchev–Trinajstić information content (AvgIpc) is 2.69. The molecule has 10 heteroatoms. The van der Waals surface area contributed by atoms with Crippen molar-refractivity contribution in [2.45, 2.75) is 5.16 Å². The number of hydrogen-bond acceptors (Lipinski definition) is 8. The quantitative estimate of drug-likeness (QED) is 0.538. The van der Waals surface area contributed by atoms with Gasteiger partial charge in [-0.2, -0.15) is 0 Å². The van der Waals surface area contributed by atoms with Crippen molar-refractivity contribution in [1.82, 2.24) is 14.9 Å². The Balaban J connectivity index is 2.07. The van der Waals surface area contributed by atoms with Gasteiger partial charge in [-0.3, -0.25) is 9.69 Å². The Morgan fingerprint density at radius 2 is 1.86 bits per heavy atom. The molecular weight excluding hydrogens is 399 g/mol. The summed E-state index contributed by atoms with van der Waals surface area (Å²) in [6, 6.07) is 6.79.